The van der Waals surface area contributed by atoms with Crippen LogP contribution in [0.1, 0.15) is 31.9 Å². The Morgan fingerprint density at radius 3 is 2.53 bits per heavy atom. The maximum absolute atomic E-state index is 5.23. The minimum absolute atomic E-state index is 0.380. The van der Waals surface area contributed by atoms with Crippen LogP contribution in [0.5, 0.6) is 0 Å². The molecule has 1 aromatic rings. The summed E-state index contributed by atoms with van der Waals surface area (Å²) in [6.45, 7) is 7.21. The zero-order chi connectivity index (χ0) is 14.1. The lowest BCUT2D eigenvalue weighted by atomic mass is 10.1. The summed E-state index contributed by atoms with van der Waals surface area (Å²) in [5, 5.41) is 3.63. The van der Waals surface area contributed by atoms with Crippen LogP contribution in [-0.4, -0.2) is 44.8 Å². The van der Waals surface area contributed by atoms with E-state index in [1.54, 1.807) is 7.11 Å². The fourth-order valence-corrected chi connectivity index (χ4v) is 2.13. The summed E-state index contributed by atoms with van der Waals surface area (Å²) in [6, 6.07) is 11.5. The van der Waals surface area contributed by atoms with Crippen LogP contribution >= 0.6 is 0 Å². The normalized spacial score (nSPS) is 14.6. The number of nitrogens with zero attached hydrogens (tertiary/aromatic N) is 1. The Balaban J connectivity index is 2.64. The highest BCUT2D eigenvalue weighted by Crippen LogP contribution is 2.15. The van der Waals surface area contributed by atoms with E-state index in [0.717, 1.165) is 26.1 Å². The van der Waals surface area contributed by atoms with Crippen molar-refractivity contribution < 1.29 is 4.74 Å². The van der Waals surface area contributed by atoms with Gasteiger partial charge in [0.2, 0.25) is 0 Å². The second-order valence-electron chi connectivity index (χ2n) is 5.16. The van der Waals surface area contributed by atoms with E-state index in [-0.39, 0.29) is 0 Å². The van der Waals surface area contributed by atoms with Gasteiger partial charge in [-0.05, 0) is 32.5 Å². The van der Waals surface area contributed by atoms with E-state index in [0.29, 0.717) is 12.1 Å². The van der Waals surface area contributed by atoms with Crippen molar-refractivity contribution >= 4 is 0 Å². The fraction of sp³-hybridized carbons (Fsp3) is 0.625. The summed E-state index contributed by atoms with van der Waals surface area (Å²) in [6.07, 6.45) is 1.15. The molecule has 19 heavy (non-hydrogen) atoms. The summed E-state index contributed by atoms with van der Waals surface area (Å²) in [4.78, 5) is 2.35. The van der Waals surface area contributed by atoms with Crippen LogP contribution in [0.15, 0.2) is 30.3 Å². The number of nitrogens with one attached hydrogen (secondary N) is 1. The predicted molar refractivity (Wildman–Crippen MR) is 81.4 cm³/mol. The minimum Gasteiger partial charge on any atom is -0.383 e. The third-order valence-electron chi connectivity index (χ3n) is 3.47. The van der Waals surface area contributed by atoms with Gasteiger partial charge >= 0.3 is 0 Å². The van der Waals surface area contributed by atoms with E-state index >= 15 is 0 Å². The number of hydrogen-bond acceptors (Lipinski definition) is 3. The molecule has 1 N–H and O–H groups in total. The van der Waals surface area contributed by atoms with Gasteiger partial charge in [-0.2, -0.15) is 0 Å². The highest BCUT2D eigenvalue weighted by atomic mass is 16.5. The van der Waals surface area contributed by atoms with Crippen LogP contribution in [0.4, 0.5) is 0 Å². The second kappa shape index (κ2) is 9.08. The van der Waals surface area contributed by atoms with Gasteiger partial charge < -0.3 is 10.1 Å². The first-order valence-electron chi connectivity index (χ1n) is 7.16. The van der Waals surface area contributed by atoms with E-state index in [1.807, 2.05) is 0 Å². The van der Waals surface area contributed by atoms with E-state index in [9.17, 15) is 0 Å². The van der Waals surface area contributed by atoms with Gasteiger partial charge in [-0.1, -0.05) is 37.3 Å². The number of hydrogen-bond donors (Lipinski definition) is 1. The molecule has 0 radical (unpaired) electrons. The van der Waals surface area contributed by atoms with Gasteiger partial charge in [-0.3, -0.25) is 4.90 Å². The van der Waals surface area contributed by atoms with Crippen LogP contribution in [0.3, 0.4) is 0 Å². The molecule has 0 spiro atoms. The van der Waals surface area contributed by atoms with Crippen LogP contribution in [-0.2, 0) is 4.74 Å². The predicted octanol–water partition coefficient (Wildman–Crippen LogP) is 2.69. The average Bonchev–Trinajstić information content (AvgIpc) is 2.44. The fourth-order valence-electron chi connectivity index (χ4n) is 2.13. The van der Waals surface area contributed by atoms with Crippen LogP contribution in [0, 0.1) is 0 Å². The van der Waals surface area contributed by atoms with Gasteiger partial charge in [-0.25, -0.2) is 0 Å². The van der Waals surface area contributed by atoms with Gasteiger partial charge in [0.05, 0.1) is 6.61 Å². The van der Waals surface area contributed by atoms with E-state index < -0.39 is 0 Å². The first kappa shape index (κ1) is 16.2. The van der Waals surface area contributed by atoms with Crippen molar-refractivity contribution in [3.63, 3.8) is 0 Å². The van der Waals surface area contributed by atoms with Crippen molar-refractivity contribution in [2.45, 2.75) is 32.4 Å². The smallest absolute Gasteiger partial charge is 0.0615 e. The van der Waals surface area contributed by atoms with Crippen LogP contribution < -0.4 is 5.32 Å². The number of rotatable bonds is 9. The lowest BCUT2D eigenvalue weighted by Gasteiger charge is -2.29. The lowest BCUT2D eigenvalue weighted by molar-refractivity contribution is 0.109. The van der Waals surface area contributed by atoms with E-state index in [1.165, 1.54) is 5.56 Å². The molecule has 0 aliphatic heterocycles. The molecule has 0 saturated heterocycles. The molecule has 0 heterocycles. The van der Waals surface area contributed by atoms with E-state index in [2.05, 4.69) is 61.4 Å². The van der Waals surface area contributed by atoms with Crippen molar-refractivity contribution in [1.29, 1.82) is 0 Å². The maximum atomic E-state index is 5.23. The Morgan fingerprint density at radius 2 is 1.95 bits per heavy atom. The molecule has 108 valence electrons. The van der Waals surface area contributed by atoms with Gasteiger partial charge in [-0.15, -0.1) is 0 Å². The molecular formula is C16H28N2O. The maximum Gasteiger partial charge on any atom is 0.0615 e. The quantitative estimate of drug-likeness (QED) is 0.742. The monoisotopic (exact) mass is 264 g/mol. The summed E-state index contributed by atoms with van der Waals surface area (Å²) in [5.74, 6) is 0. The largest absolute Gasteiger partial charge is 0.383 e. The molecule has 3 heteroatoms. The molecule has 0 fully saturated rings. The third-order valence-corrected chi connectivity index (χ3v) is 3.47. The molecule has 2 unspecified atom stereocenters. The van der Waals surface area contributed by atoms with Gasteiger partial charge in [0, 0.05) is 25.7 Å². The molecule has 0 aromatic heterocycles. The Morgan fingerprint density at radius 1 is 1.26 bits per heavy atom. The van der Waals surface area contributed by atoms with Crippen molar-refractivity contribution in [2.75, 3.05) is 33.9 Å². The van der Waals surface area contributed by atoms with Crippen LogP contribution in [0.2, 0.25) is 0 Å². The molecule has 0 aliphatic rings. The molecule has 1 aromatic carbocycles. The lowest BCUT2D eigenvalue weighted by Crippen LogP contribution is -2.39. The van der Waals surface area contributed by atoms with Gasteiger partial charge in [0.25, 0.3) is 0 Å². The van der Waals surface area contributed by atoms with Gasteiger partial charge in [0.1, 0.15) is 0 Å². The van der Waals surface area contributed by atoms with Crippen LogP contribution in [0.25, 0.3) is 0 Å². The highest BCUT2D eigenvalue weighted by Gasteiger charge is 2.16. The Labute approximate surface area is 118 Å². The zero-order valence-electron chi connectivity index (χ0n) is 12.7. The first-order chi connectivity index (χ1) is 9.19. The summed E-state index contributed by atoms with van der Waals surface area (Å²) in [5.41, 5.74) is 1.35. The molecule has 3 nitrogen and oxygen atoms in total. The summed E-state index contributed by atoms with van der Waals surface area (Å²) < 4.78 is 5.23. The number of likely N-dealkylation sites (N-methyl/N-ethyl adjacent to an activating group) is 1. The molecule has 0 saturated carbocycles. The SMILES string of the molecule is CCCNC(CN(C)C(C)COC)c1ccccc1. The number of benzene rings is 1. The molecular weight excluding hydrogens is 236 g/mol. The first-order valence-corrected chi connectivity index (χ1v) is 7.16. The van der Waals surface area contributed by atoms with Crippen molar-refractivity contribution in [3.05, 3.63) is 35.9 Å². The molecule has 2 atom stereocenters. The van der Waals surface area contributed by atoms with Crippen molar-refractivity contribution in [3.8, 4) is 0 Å². The highest BCUT2D eigenvalue weighted by molar-refractivity contribution is 5.19. The number of methoxy groups -OCH3 is 1. The molecule has 0 amide bonds. The topological polar surface area (TPSA) is 24.5 Å². The van der Waals surface area contributed by atoms with Crippen molar-refractivity contribution in [1.82, 2.24) is 10.2 Å². The average molecular weight is 264 g/mol. The standard InChI is InChI=1S/C16H28N2O/c1-5-11-17-16(15-9-7-6-8-10-15)12-18(3)14(2)13-19-4/h6-10,14,16-17H,5,11-13H2,1-4H3. The second-order valence-corrected chi connectivity index (χ2v) is 5.16. The summed E-state index contributed by atoms with van der Waals surface area (Å²) in [7, 11) is 3.92. The molecule has 1 rings (SSSR count). The Bertz CT molecular complexity index is 329. The van der Waals surface area contributed by atoms with Gasteiger partial charge in [0.15, 0.2) is 0 Å². The summed E-state index contributed by atoms with van der Waals surface area (Å²) >= 11 is 0. The molecule has 0 aliphatic carbocycles. The third kappa shape index (κ3) is 5.72. The zero-order valence-corrected chi connectivity index (χ0v) is 12.7. The Kier molecular flexibility index (Phi) is 7.72. The minimum atomic E-state index is 0.380. The molecule has 0 bridgehead atoms. The van der Waals surface area contributed by atoms with Crippen molar-refractivity contribution in [2.24, 2.45) is 0 Å². The number of ether oxygens (including phenoxy) is 1. The van der Waals surface area contributed by atoms with E-state index in [4.69, 9.17) is 4.74 Å². The Hall–Kier alpha value is -0.900.